The minimum atomic E-state index is -0.676. The molecule has 2 aliphatic rings. The van der Waals surface area contributed by atoms with Gasteiger partial charge in [-0.05, 0) is 31.2 Å². The Bertz CT molecular complexity index is 611. The molecule has 5 nitrogen and oxygen atoms in total. The molecular formula is C21H31N3O2. The molecule has 0 aromatic heterocycles. The second kappa shape index (κ2) is 8.67. The lowest BCUT2D eigenvalue weighted by Gasteiger charge is -2.36. The van der Waals surface area contributed by atoms with E-state index in [1.807, 2.05) is 28.0 Å². The average Bonchev–Trinajstić information content (AvgIpc) is 2.93. The number of hydrogen-bond acceptors (Lipinski definition) is 3. The minimum absolute atomic E-state index is 0.0933. The standard InChI is InChI=1S/C21H31N3O2/c22-21(12-5-2-6-13-21)20(26)24-15-7-14-23(16-17-24)19(25)11-10-18-8-3-1-4-9-18/h1,3-4,8-9H,2,5-7,10-17,22H2. The van der Waals surface area contributed by atoms with Crippen molar-refractivity contribution in [1.29, 1.82) is 0 Å². The SMILES string of the molecule is NC1(C(=O)N2CCCN(C(=O)CCc3ccccc3)CC2)CCCCC1. The Balaban J connectivity index is 1.51. The molecule has 1 aliphatic heterocycles. The molecule has 1 saturated carbocycles. The summed E-state index contributed by atoms with van der Waals surface area (Å²) in [7, 11) is 0. The third kappa shape index (κ3) is 4.64. The minimum Gasteiger partial charge on any atom is -0.341 e. The Labute approximate surface area is 156 Å². The van der Waals surface area contributed by atoms with E-state index in [2.05, 4.69) is 12.1 Å². The van der Waals surface area contributed by atoms with Crippen molar-refractivity contribution in [2.75, 3.05) is 26.2 Å². The number of benzene rings is 1. The van der Waals surface area contributed by atoms with E-state index >= 15 is 0 Å². The number of rotatable bonds is 4. The number of nitrogens with zero attached hydrogens (tertiary/aromatic N) is 2. The first-order chi connectivity index (χ1) is 12.6. The molecule has 1 aliphatic carbocycles. The molecule has 0 bridgehead atoms. The molecule has 26 heavy (non-hydrogen) atoms. The smallest absolute Gasteiger partial charge is 0.242 e. The largest absolute Gasteiger partial charge is 0.341 e. The molecular weight excluding hydrogens is 326 g/mol. The van der Waals surface area contributed by atoms with Crippen molar-refractivity contribution in [1.82, 2.24) is 9.80 Å². The molecule has 0 spiro atoms. The fourth-order valence-corrected chi connectivity index (χ4v) is 4.14. The fourth-order valence-electron chi connectivity index (χ4n) is 4.14. The summed E-state index contributed by atoms with van der Waals surface area (Å²) < 4.78 is 0. The number of carbonyl (C=O) groups excluding carboxylic acids is 2. The van der Waals surface area contributed by atoms with E-state index in [9.17, 15) is 9.59 Å². The Morgan fingerprint density at radius 2 is 1.54 bits per heavy atom. The molecule has 142 valence electrons. The molecule has 1 aromatic rings. The Hall–Kier alpha value is -1.88. The van der Waals surface area contributed by atoms with Gasteiger partial charge in [0.25, 0.3) is 0 Å². The Kier molecular flexibility index (Phi) is 6.30. The number of hydrogen-bond donors (Lipinski definition) is 1. The number of amides is 2. The summed E-state index contributed by atoms with van der Waals surface area (Å²) in [5, 5.41) is 0. The molecule has 3 rings (SSSR count). The zero-order valence-electron chi connectivity index (χ0n) is 15.7. The molecule has 5 heteroatoms. The Morgan fingerprint density at radius 3 is 2.27 bits per heavy atom. The van der Waals surface area contributed by atoms with Gasteiger partial charge in [0.2, 0.25) is 11.8 Å². The highest BCUT2D eigenvalue weighted by Gasteiger charge is 2.38. The van der Waals surface area contributed by atoms with Crippen molar-refractivity contribution < 1.29 is 9.59 Å². The predicted octanol–water partition coefficient (Wildman–Crippen LogP) is 2.34. The molecule has 0 unspecified atom stereocenters. The van der Waals surface area contributed by atoms with Gasteiger partial charge >= 0.3 is 0 Å². The molecule has 2 fully saturated rings. The van der Waals surface area contributed by atoms with Crippen LogP contribution in [0.2, 0.25) is 0 Å². The van der Waals surface area contributed by atoms with Crippen LogP contribution in [0.4, 0.5) is 0 Å². The highest BCUT2D eigenvalue weighted by Crippen LogP contribution is 2.28. The predicted molar refractivity (Wildman–Crippen MR) is 103 cm³/mol. The van der Waals surface area contributed by atoms with Gasteiger partial charge < -0.3 is 15.5 Å². The van der Waals surface area contributed by atoms with E-state index in [4.69, 9.17) is 5.73 Å². The van der Waals surface area contributed by atoms with Crippen LogP contribution in [0, 0.1) is 0 Å². The highest BCUT2D eigenvalue weighted by atomic mass is 16.2. The van der Waals surface area contributed by atoms with Crippen LogP contribution in [0.25, 0.3) is 0 Å². The topological polar surface area (TPSA) is 66.6 Å². The summed E-state index contributed by atoms with van der Waals surface area (Å²) in [6.07, 6.45) is 6.97. The number of nitrogens with two attached hydrogens (primary N) is 1. The zero-order valence-corrected chi connectivity index (χ0v) is 15.7. The second-order valence-electron chi connectivity index (χ2n) is 7.73. The van der Waals surface area contributed by atoms with E-state index in [0.717, 1.165) is 45.1 Å². The van der Waals surface area contributed by atoms with Crippen LogP contribution in [0.15, 0.2) is 30.3 Å². The van der Waals surface area contributed by atoms with Gasteiger partial charge in [0.05, 0.1) is 5.54 Å². The quantitative estimate of drug-likeness (QED) is 0.899. The van der Waals surface area contributed by atoms with Gasteiger partial charge in [0, 0.05) is 32.6 Å². The molecule has 0 radical (unpaired) electrons. The second-order valence-corrected chi connectivity index (χ2v) is 7.73. The van der Waals surface area contributed by atoms with Crippen molar-refractivity contribution in [3.8, 4) is 0 Å². The third-order valence-electron chi connectivity index (χ3n) is 5.78. The molecule has 2 amide bonds. The van der Waals surface area contributed by atoms with Gasteiger partial charge in [0.15, 0.2) is 0 Å². The normalized spacial score (nSPS) is 20.5. The monoisotopic (exact) mass is 357 g/mol. The van der Waals surface area contributed by atoms with Crippen LogP contribution >= 0.6 is 0 Å². The molecule has 1 saturated heterocycles. The first-order valence-electron chi connectivity index (χ1n) is 9.98. The van der Waals surface area contributed by atoms with Crippen molar-refractivity contribution in [2.45, 2.75) is 56.9 Å². The molecule has 1 heterocycles. The third-order valence-corrected chi connectivity index (χ3v) is 5.78. The summed E-state index contributed by atoms with van der Waals surface area (Å²) in [5.74, 6) is 0.277. The average molecular weight is 357 g/mol. The lowest BCUT2D eigenvalue weighted by Crippen LogP contribution is -2.56. The van der Waals surface area contributed by atoms with E-state index in [1.54, 1.807) is 0 Å². The maximum absolute atomic E-state index is 12.9. The van der Waals surface area contributed by atoms with Crippen LogP contribution in [-0.2, 0) is 16.0 Å². The number of aryl methyl sites for hydroxylation is 1. The summed E-state index contributed by atoms with van der Waals surface area (Å²) in [5.41, 5.74) is 6.93. The lowest BCUT2D eigenvalue weighted by molar-refractivity contribution is -0.138. The van der Waals surface area contributed by atoms with Crippen molar-refractivity contribution >= 4 is 11.8 Å². The van der Waals surface area contributed by atoms with E-state index in [0.29, 0.717) is 26.1 Å². The zero-order chi connectivity index (χ0) is 18.4. The van der Waals surface area contributed by atoms with Gasteiger partial charge in [-0.3, -0.25) is 9.59 Å². The maximum Gasteiger partial charge on any atom is 0.242 e. The highest BCUT2D eigenvalue weighted by molar-refractivity contribution is 5.86. The van der Waals surface area contributed by atoms with Crippen molar-refractivity contribution in [2.24, 2.45) is 5.73 Å². The number of carbonyl (C=O) groups is 2. The summed E-state index contributed by atoms with van der Waals surface area (Å²) in [4.78, 5) is 29.3. The summed E-state index contributed by atoms with van der Waals surface area (Å²) in [6, 6.07) is 10.1. The van der Waals surface area contributed by atoms with Crippen LogP contribution < -0.4 is 5.73 Å². The maximum atomic E-state index is 12.9. The van der Waals surface area contributed by atoms with Gasteiger partial charge in [-0.2, -0.15) is 0 Å². The summed E-state index contributed by atoms with van der Waals surface area (Å²) >= 11 is 0. The Morgan fingerprint density at radius 1 is 0.885 bits per heavy atom. The first-order valence-corrected chi connectivity index (χ1v) is 9.98. The van der Waals surface area contributed by atoms with Gasteiger partial charge in [0.1, 0.15) is 0 Å². The van der Waals surface area contributed by atoms with E-state index in [-0.39, 0.29) is 11.8 Å². The van der Waals surface area contributed by atoms with E-state index in [1.165, 1.54) is 12.0 Å². The summed E-state index contributed by atoms with van der Waals surface area (Å²) in [6.45, 7) is 2.67. The van der Waals surface area contributed by atoms with Gasteiger partial charge in [-0.1, -0.05) is 49.6 Å². The van der Waals surface area contributed by atoms with Gasteiger partial charge in [-0.15, -0.1) is 0 Å². The fraction of sp³-hybridized carbons (Fsp3) is 0.619. The van der Waals surface area contributed by atoms with Crippen LogP contribution in [0.3, 0.4) is 0 Å². The van der Waals surface area contributed by atoms with E-state index < -0.39 is 5.54 Å². The van der Waals surface area contributed by atoms with Crippen LogP contribution in [0.1, 0.15) is 50.5 Å². The first kappa shape index (κ1) is 18.9. The lowest BCUT2D eigenvalue weighted by atomic mass is 9.81. The molecule has 0 atom stereocenters. The van der Waals surface area contributed by atoms with Crippen molar-refractivity contribution in [3.05, 3.63) is 35.9 Å². The van der Waals surface area contributed by atoms with Crippen LogP contribution in [0.5, 0.6) is 0 Å². The van der Waals surface area contributed by atoms with Crippen molar-refractivity contribution in [3.63, 3.8) is 0 Å². The van der Waals surface area contributed by atoms with Gasteiger partial charge in [-0.25, -0.2) is 0 Å². The molecule has 2 N–H and O–H groups in total. The molecule has 1 aromatic carbocycles. The van der Waals surface area contributed by atoms with Crippen LogP contribution in [-0.4, -0.2) is 53.3 Å².